The van der Waals surface area contributed by atoms with Gasteiger partial charge in [0, 0.05) is 17.3 Å². The minimum atomic E-state index is -4.31. The standard InChI is InChI=1S/C16H24F3N/c1-4-6-7-8-11-15(3,5-2)14-10-9-13(12-20-14)16(17,18)19/h9-10,12H,4-8,11H2,1-3H3. The van der Waals surface area contributed by atoms with E-state index in [-0.39, 0.29) is 5.41 Å². The van der Waals surface area contributed by atoms with Gasteiger partial charge in [0.2, 0.25) is 0 Å². The first kappa shape index (κ1) is 17.0. The second kappa shape index (κ2) is 7.09. The van der Waals surface area contributed by atoms with Crippen LogP contribution in [0, 0.1) is 0 Å². The average Bonchev–Trinajstić information content (AvgIpc) is 2.42. The Morgan fingerprint density at radius 1 is 1.05 bits per heavy atom. The number of hydrogen-bond acceptors (Lipinski definition) is 1. The molecule has 20 heavy (non-hydrogen) atoms. The summed E-state index contributed by atoms with van der Waals surface area (Å²) in [6.45, 7) is 6.32. The lowest BCUT2D eigenvalue weighted by atomic mass is 9.78. The van der Waals surface area contributed by atoms with E-state index in [0.29, 0.717) is 0 Å². The van der Waals surface area contributed by atoms with Gasteiger partial charge in [-0.05, 0) is 25.0 Å². The highest BCUT2D eigenvalue weighted by atomic mass is 19.4. The van der Waals surface area contributed by atoms with E-state index in [1.807, 2.05) is 0 Å². The zero-order valence-corrected chi connectivity index (χ0v) is 12.6. The summed E-state index contributed by atoms with van der Waals surface area (Å²) in [4.78, 5) is 4.07. The van der Waals surface area contributed by atoms with Gasteiger partial charge in [-0.15, -0.1) is 0 Å². The normalized spacial score (nSPS) is 15.1. The molecule has 1 heterocycles. The van der Waals surface area contributed by atoms with Crippen molar-refractivity contribution in [3.05, 3.63) is 29.6 Å². The molecule has 4 heteroatoms. The Balaban J connectivity index is 2.78. The quantitative estimate of drug-likeness (QED) is 0.583. The van der Waals surface area contributed by atoms with Crippen LogP contribution in [0.15, 0.2) is 18.3 Å². The van der Waals surface area contributed by atoms with E-state index in [2.05, 4.69) is 25.8 Å². The van der Waals surface area contributed by atoms with Gasteiger partial charge in [0.25, 0.3) is 0 Å². The van der Waals surface area contributed by atoms with E-state index < -0.39 is 11.7 Å². The lowest BCUT2D eigenvalue weighted by Gasteiger charge is -2.28. The molecule has 1 aromatic rings. The van der Waals surface area contributed by atoms with Crippen molar-refractivity contribution in [2.24, 2.45) is 0 Å². The molecule has 0 N–H and O–H groups in total. The number of rotatable bonds is 7. The molecular weight excluding hydrogens is 263 g/mol. The molecule has 0 aliphatic carbocycles. The summed E-state index contributed by atoms with van der Waals surface area (Å²) in [5.74, 6) is 0. The predicted octanol–water partition coefficient (Wildman–Crippen LogP) is 5.74. The smallest absolute Gasteiger partial charge is 0.260 e. The number of pyridine rings is 1. The van der Waals surface area contributed by atoms with Gasteiger partial charge in [0.15, 0.2) is 0 Å². The molecule has 1 unspecified atom stereocenters. The second-order valence-electron chi connectivity index (χ2n) is 5.65. The van der Waals surface area contributed by atoms with Crippen molar-refractivity contribution < 1.29 is 13.2 Å². The van der Waals surface area contributed by atoms with Crippen LogP contribution < -0.4 is 0 Å². The van der Waals surface area contributed by atoms with Crippen molar-refractivity contribution in [3.63, 3.8) is 0 Å². The Kier molecular flexibility index (Phi) is 6.03. The van der Waals surface area contributed by atoms with Crippen molar-refractivity contribution in [2.45, 2.75) is 70.9 Å². The lowest BCUT2D eigenvalue weighted by Crippen LogP contribution is -2.23. The molecule has 0 bridgehead atoms. The minimum Gasteiger partial charge on any atom is -0.260 e. The van der Waals surface area contributed by atoms with Gasteiger partial charge in [-0.1, -0.05) is 46.5 Å². The number of halogens is 3. The third kappa shape index (κ3) is 4.50. The van der Waals surface area contributed by atoms with Crippen LogP contribution in [-0.2, 0) is 11.6 Å². The highest BCUT2D eigenvalue weighted by Crippen LogP contribution is 2.34. The molecule has 0 saturated carbocycles. The number of aromatic nitrogens is 1. The van der Waals surface area contributed by atoms with Crippen molar-refractivity contribution in [1.29, 1.82) is 0 Å². The number of hydrogen-bond donors (Lipinski definition) is 0. The van der Waals surface area contributed by atoms with E-state index in [0.717, 1.165) is 37.2 Å². The lowest BCUT2D eigenvalue weighted by molar-refractivity contribution is -0.137. The van der Waals surface area contributed by atoms with Crippen LogP contribution in [0.1, 0.15) is 70.6 Å². The van der Waals surface area contributed by atoms with Gasteiger partial charge >= 0.3 is 6.18 Å². The third-order valence-corrected chi connectivity index (χ3v) is 4.07. The van der Waals surface area contributed by atoms with Crippen molar-refractivity contribution >= 4 is 0 Å². The zero-order chi connectivity index (χ0) is 15.2. The van der Waals surface area contributed by atoms with Crippen molar-refractivity contribution in [3.8, 4) is 0 Å². The number of alkyl halides is 3. The molecule has 0 amide bonds. The summed E-state index contributed by atoms with van der Waals surface area (Å²) in [5.41, 5.74) is -0.0343. The van der Waals surface area contributed by atoms with E-state index >= 15 is 0 Å². The van der Waals surface area contributed by atoms with Crippen LogP contribution in [0.4, 0.5) is 13.2 Å². The monoisotopic (exact) mass is 287 g/mol. The third-order valence-electron chi connectivity index (χ3n) is 4.07. The van der Waals surface area contributed by atoms with Crippen LogP contribution in [0.5, 0.6) is 0 Å². The second-order valence-corrected chi connectivity index (χ2v) is 5.65. The van der Waals surface area contributed by atoms with E-state index in [1.165, 1.54) is 25.3 Å². The Labute approximate surface area is 119 Å². The van der Waals surface area contributed by atoms with Crippen LogP contribution in [0.3, 0.4) is 0 Å². The molecule has 0 saturated heterocycles. The van der Waals surface area contributed by atoms with E-state index in [1.54, 1.807) is 0 Å². The maximum absolute atomic E-state index is 12.5. The fourth-order valence-electron chi connectivity index (χ4n) is 2.35. The Morgan fingerprint density at radius 3 is 2.20 bits per heavy atom. The van der Waals surface area contributed by atoms with Gasteiger partial charge in [-0.25, -0.2) is 0 Å². The molecule has 0 spiro atoms. The van der Waals surface area contributed by atoms with Crippen LogP contribution in [-0.4, -0.2) is 4.98 Å². The highest BCUT2D eigenvalue weighted by Gasteiger charge is 2.32. The van der Waals surface area contributed by atoms with Gasteiger partial charge < -0.3 is 0 Å². The average molecular weight is 287 g/mol. The highest BCUT2D eigenvalue weighted by molar-refractivity contribution is 5.22. The minimum absolute atomic E-state index is 0.127. The summed E-state index contributed by atoms with van der Waals surface area (Å²) in [6.07, 6.45) is 3.17. The zero-order valence-electron chi connectivity index (χ0n) is 12.6. The first-order valence-electron chi connectivity index (χ1n) is 7.37. The fourth-order valence-corrected chi connectivity index (χ4v) is 2.35. The fraction of sp³-hybridized carbons (Fsp3) is 0.688. The van der Waals surface area contributed by atoms with Crippen LogP contribution in [0.2, 0.25) is 0 Å². The molecule has 1 atom stereocenters. The first-order chi connectivity index (χ1) is 9.33. The maximum atomic E-state index is 12.5. The molecule has 1 nitrogen and oxygen atoms in total. The summed E-state index contributed by atoms with van der Waals surface area (Å²) >= 11 is 0. The van der Waals surface area contributed by atoms with Crippen molar-refractivity contribution in [1.82, 2.24) is 4.98 Å². The summed E-state index contributed by atoms with van der Waals surface area (Å²) in [7, 11) is 0. The Bertz CT molecular complexity index is 397. The van der Waals surface area contributed by atoms with Gasteiger partial charge in [0.1, 0.15) is 0 Å². The molecule has 1 rings (SSSR count). The number of nitrogens with zero attached hydrogens (tertiary/aromatic N) is 1. The predicted molar refractivity (Wildman–Crippen MR) is 75.6 cm³/mol. The van der Waals surface area contributed by atoms with Gasteiger partial charge in [-0.2, -0.15) is 13.2 Å². The Hall–Kier alpha value is -1.06. The molecule has 1 aromatic heterocycles. The molecule has 0 radical (unpaired) electrons. The van der Waals surface area contributed by atoms with Crippen LogP contribution >= 0.6 is 0 Å². The first-order valence-corrected chi connectivity index (χ1v) is 7.37. The molecule has 0 fully saturated rings. The summed E-state index contributed by atoms with van der Waals surface area (Å²) < 4.78 is 37.6. The van der Waals surface area contributed by atoms with Gasteiger partial charge in [0.05, 0.1) is 5.56 Å². The molecule has 0 aromatic carbocycles. The topological polar surface area (TPSA) is 12.9 Å². The summed E-state index contributed by atoms with van der Waals surface area (Å²) in [6, 6.07) is 2.68. The van der Waals surface area contributed by atoms with E-state index in [9.17, 15) is 13.2 Å². The molecule has 0 aliphatic rings. The maximum Gasteiger partial charge on any atom is 0.417 e. The molecule has 114 valence electrons. The van der Waals surface area contributed by atoms with E-state index in [4.69, 9.17) is 0 Å². The largest absolute Gasteiger partial charge is 0.417 e. The van der Waals surface area contributed by atoms with Crippen molar-refractivity contribution in [2.75, 3.05) is 0 Å². The van der Waals surface area contributed by atoms with Gasteiger partial charge in [-0.3, -0.25) is 4.98 Å². The molecular formula is C16H24F3N. The van der Waals surface area contributed by atoms with Crippen LogP contribution in [0.25, 0.3) is 0 Å². The summed E-state index contributed by atoms with van der Waals surface area (Å²) in [5, 5.41) is 0. The number of unbranched alkanes of at least 4 members (excludes halogenated alkanes) is 3. The Morgan fingerprint density at radius 2 is 1.75 bits per heavy atom. The molecule has 0 aliphatic heterocycles. The SMILES string of the molecule is CCCCCCC(C)(CC)c1ccc(C(F)(F)F)cn1.